The standard InChI is InChI=1S/C16H29N3O/c1-3-4-5-6-7-8-9-10-11-12-14-15(20)13(2)18-16(17)19-14/h20H,3-12H2,1-2H3,(H2,17,18,19). The minimum Gasteiger partial charge on any atom is -0.504 e. The van der Waals surface area contributed by atoms with Crippen molar-refractivity contribution >= 4 is 5.95 Å². The number of anilines is 1. The topological polar surface area (TPSA) is 72.0 Å². The van der Waals surface area contributed by atoms with Crippen molar-refractivity contribution in [2.75, 3.05) is 5.73 Å². The van der Waals surface area contributed by atoms with Crippen LogP contribution in [0.3, 0.4) is 0 Å². The molecular formula is C16H29N3O. The molecule has 114 valence electrons. The first-order valence-corrected chi connectivity index (χ1v) is 7.97. The highest BCUT2D eigenvalue weighted by Crippen LogP contribution is 2.21. The highest BCUT2D eigenvalue weighted by molar-refractivity contribution is 5.35. The monoisotopic (exact) mass is 279 g/mol. The van der Waals surface area contributed by atoms with Crippen LogP contribution >= 0.6 is 0 Å². The number of unbranched alkanes of at least 4 members (excludes halogenated alkanes) is 8. The quantitative estimate of drug-likeness (QED) is 0.631. The number of nitrogens with zero attached hydrogens (tertiary/aromatic N) is 2. The Kier molecular flexibility index (Phi) is 8.00. The maximum Gasteiger partial charge on any atom is 0.220 e. The van der Waals surface area contributed by atoms with E-state index in [0.717, 1.165) is 12.8 Å². The smallest absolute Gasteiger partial charge is 0.220 e. The molecule has 0 aliphatic heterocycles. The van der Waals surface area contributed by atoms with Gasteiger partial charge < -0.3 is 10.8 Å². The summed E-state index contributed by atoms with van der Waals surface area (Å²) in [5, 5.41) is 9.86. The summed E-state index contributed by atoms with van der Waals surface area (Å²) in [6.45, 7) is 4.00. The summed E-state index contributed by atoms with van der Waals surface area (Å²) < 4.78 is 0. The van der Waals surface area contributed by atoms with Crippen LogP contribution in [0.15, 0.2) is 0 Å². The Hall–Kier alpha value is -1.32. The Labute approximate surface area is 122 Å². The van der Waals surface area contributed by atoms with Gasteiger partial charge in [-0.05, 0) is 19.8 Å². The summed E-state index contributed by atoms with van der Waals surface area (Å²) in [7, 11) is 0. The third-order valence-corrected chi connectivity index (χ3v) is 3.66. The molecule has 0 saturated carbocycles. The van der Waals surface area contributed by atoms with E-state index in [1.165, 1.54) is 51.4 Å². The lowest BCUT2D eigenvalue weighted by Crippen LogP contribution is -2.02. The van der Waals surface area contributed by atoms with Crippen LogP contribution in [-0.4, -0.2) is 15.1 Å². The Balaban J connectivity index is 2.13. The molecule has 0 saturated heterocycles. The molecule has 20 heavy (non-hydrogen) atoms. The number of hydrogen-bond donors (Lipinski definition) is 2. The fourth-order valence-corrected chi connectivity index (χ4v) is 2.43. The Morgan fingerprint density at radius 3 is 2.05 bits per heavy atom. The van der Waals surface area contributed by atoms with Crippen molar-refractivity contribution in [3.63, 3.8) is 0 Å². The van der Waals surface area contributed by atoms with Gasteiger partial charge in [-0.1, -0.05) is 58.3 Å². The number of aryl methyl sites for hydroxylation is 2. The van der Waals surface area contributed by atoms with Crippen molar-refractivity contribution < 1.29 is 5.11 Å². The largest absolute Gasteiger partial charge is 0.504 e. The molecule has 1 heterocycles. The molecule has 1 aromatic heterocycles. The molecule has 0 aromatic carbocycles. The van der Waals surface area contributed by atoms with Gasteiger partial charge in [-0.2, -0.15) is 0 Å². The maximum atomic E-state index is 9.86. The minimum absolute atomic E-state index is 0.207. The molecule has 0 atom stereocenters. The van der Waals surface area contributed by atoms with E-state index in [1.807, 2.05) is 0 Å². The van der Waals surface area contributed by atoms with Crippen molar-refractivity contribution in [2.24, 2.45) is 0 Å². The zero-order valence-electron chi connectivity index (χ0n) is 13.0. The van der Waals surface area contributed by atoms with Gasteiger partial charge in [0.25, 0.3) is 0 Å². The number of rotatable bonds is 10. The van der Waals surface area contributed by atoms with E-state index in [0.29, 0.717) is 11.4 Å². The van der Waals surface area contributed by atoms with Gasteiger partial charge in [0.2, 0.25) is 5.95 Å². The van der Waals surface area contributed by atoms with Gasteiger partial charge in [-0.15, -0.1) is 0 Å². The number of aromatic hydroxyl groups is 1. The molecule has 0 fully saturated rings. The summed E-state index contributed by atoms with van der Waals surface area (Å²) in [6.07, 6.45) is 12.4. The van der Waals surface area contributed by atoms with Crippen LogP contribution in [0, 0.1) is 6.92 Å². The van der Waals surface area contributed by atoms with Gasteiger partial charge in [0, 0.05) is 0 Å². The van der Waals surface area contributed by atoms with Gasteiger partial charge in [0.15, 0.2) is 5.75 Å². The van der Waals surface area contributed by atoms with Gasteiger partial charge >= 0.3 is 0 Å². The van der Waals surface area contributed by atoms with Gasteiger partial charge in [-0.3, -0.25) is 0 Å². The second kappa shape index (κ2) is 9.56. The summed E-state index contributed by atoms with van der Waals surface area (Å²) in [5.74, 6) is 0.463. The van der Waals surface area contributed by atoms with Crippen LogP contribution in [0.25, 0.3) is 0 Å². The maximum absolute atomic E-state index is 9.86. The first-order valence-electron chi connectivity index (χ1n) is 7.97. The van der Waals surface area contributed by atoms with E-state index in [2.05, 4.69) is 16.9 Å². The van der Waals surface area contributed by atoms with Gasteiger partial charge in [0.05, 0.1) is 11.4 Å². The van der Waals surface area contributed by atoms with Gasteiger partial charge in [0.1, 0.15) is 0 Å². The van der Waals surface area contributed by atoms with Crippen molar-refractivity contribution in [1.29, 1.82) is 0 Å². The lowest BCUT2D eigenvalue weighted by Gasteiger charge is -2.07. The normalized spacial score (nSPS) is 10.9. The number of nitrogens with two attached hydrogens (primary N) is 1. The van der Waals surface area contributed by atoms with Crippen molar-refractivity contribution in [1.82, 2.24) is 9.97 Å². The Morgan fingerprint density at radius 2 is 1.45 bits per heavy atom. The molecule has 0 amide bonds. The SMILES string of the molecule is CCCCCCCCCCCc1nc(N)nc(C)c1O. The molecule has 0 spiro atoms. The average molecular weight is 279 g/mol. The molecule has 0 aliphatic carbocycles. The number of hydrogen-bond acceptors (Lipinski definition) is 4. The first kappa shape index (κ1) is 16.7. The van der Waals surface area contributed by atoms with E-state index in [4.69, 9.17) is 5.73 Å². The molecule has 0 radical (unpaired) electrons. The fourth-order valence-electron chi connectivity index (χ4n) is 2.43. The van der Waals surface area contributed by atoms with Crippen LogP contribution in [0.2, 0.25) is 0 Å². The predicted molar refractivity (Wildman–Crippen MR) is 83.8 cm³/mol. The molecule has 1 rings (SSSR count). The summed E-state index contributed by atoms with van der Waals surface area (Å²) in [5.41, 5.74) is 6.87. The molecule has 0 unspecified atom stereocenters. The molecule has 1 aromatic rings. The lowest BCUT2D eigenvalue weighted by molar-refractivity contribution is 0.453. The molecule has 0 bridgehead atoms. The van der Waals surface area contributed by atoms with E-state index >= 15 is 0 Å². The minimum atomic E-state index is 0.207. The molecule has 4 heteroatoms. The van der Waals surface area contributed by atoms with E-state index in [1.54, 1.807) is 6.92 Å². The van der Waals surface area contributed by atoms with E-state index in [9.17, 15) is 5.11 Å². The predicted octanol–water partition coefficient (Wildman–Crippen LogP) is 4.15. The summed E-state index contributed by atoms with van der Waals surface area (Å²) >= 11 is 0. The fraction of sp³-hybridized carbons (Fsp3) is 0.750. The van der Waals surface area contributed by atoms with Crippen LogP contribution < -0.4 is 5.73 Å². The van der Waals surface area contributed by atoms with Crippen molar-refractivity contribution in [3.8, 4) is 5.75 Å². The van der Waals surface area contributed by atoms with Crippen LogP contribution in [0.5, 0.6) is 5.75 Å². The third kappa shape index (κ3) is 6.22. The number of aromatic nitrogens is 2. The zero-order chi connectivity index (χ0) is 14.8. The highest BCUT2D eigenvalue weighted by atomic mass is 16.3. The Bertz CT molecular complexity index is 394. The van der Waals surface area contributed by atoms with Crippen molar-refractivity contribution in [3.05, 3.63) is 11.4 Å². The second-order valence-corrected chi connectivity index (χ2v) is 5.54. The Morgan fingerprint density at radius 1 is 0.900 bits per heavy atom. The molecule has 3 N–H and O–H groups in total. The van der Waals surface area contributed by atoms with Crippen LogP contribution in [-0.2, 0) is 6.42 Å². The second-order valence-electron chi connectivity index (χ2n) is 5.54. The number of nitrogen functional groups attached to an aromatic ring is 1. The first-order chi connectivity index (χ1) is 9.65. The van der Waals surface area contributed by atoms with Crippen LogP contribution in [0.1, 0.15) is 76.1 Å². The van der Waals surface area contributed by atoms with E-state index in [-0.39, 0.29) is 11.7 Å². The van der Waals surface area contributed by atoms with Crippen molar-refractivity contribution in [2.45, 2.75) is 78.1 Å². The lowest BCUT2D eigenvalue weighted by atomic mass is 10.1. The highest BCUT2D eigenvalue weighted by Gasteiger charge is 2.08. The molecule has 0 aliphatic rings. The molecular weight excluding hydrogens is 250 g/mol. The van der Waals surface area contributed by atoms with Crippen LogP contribution in [0.4, 0.5) is 5.95 Å². The zero-order valence-corrected chi connectivity index (χ0v) is 13.0. The van der Waals surface area contributed by atoms with Gasteiger partial charge in [-0.25, -0.2) is 9.97 Å². The average Bonchev–Trinajstić information content (AvgIpc) is 2.42. The summed E-state index contributed by atoms with van der Waals surface area (Å²) in [6, 6.07) is 0. The van der Waals surface area contributed by atoms with E-state index < -0.39 is 0 Å². The summed E-state index contributed by atoms with van der Waals surface area (Å²) in [4.78, 5) is 8.06. The third-order valence-electron chi connectivity index (χ3n) is 3.66. The molecule has 4 nitrogen and oxygen atoms in total.